The Morgan fingerprint density at radius 3 is 2.74 bits per heavy atom. The summed E-state index contributed by atoms with van der Waals surface area (Å²) in [5.41, 5.74) is -1.53. The molecule has 0 aliphatic rings. The number of thiazole rings is 1. The maximum absolute atomic E-state index is 13.2. The highest BCUT2D eigenvalue weighted by molar-refractivity contribution is 7.15. The molecule has 0 N–H and O–H groups in total. The highest BCUT2D eigenvalue weighted by atomic mass is 32.1. The second-order valence-electron chi connectivity index (χ2n) is 4.29. The summed E-state index contributed by atoms with van der Waals surface area (Å²) in [4.78, 5) is 14.4. The predicted molar refractivity (Wildman–Crippen MR) is 71.2 cm³/mol. The zero-order valence-corrected chi connectivity index (χ0v) is 11.7. The zero-order valence-electron chi connectivity index (χ0n) is 10.9. The van der Waals surface area contributed by atoms with Crippen LogP contribution in [0.5, 0.6) is 11.6 Å². The van der Waals surface area contributed by atoms with E-state index in [4.69, 9.17) is 4.74 Å². The number of fused-ring (bicyclic) bond motifs is 1. The molecule has 2 aromatic heterocycles. The van der Waals surface area contributed by atoms with Gasteiger partial charge in [0.2, 0.25) is 0 Å². The van der Waals surface area contributed by atoms with Crippen molar-refractivity contribution in [2.24, 2.45) is 0 Å². The molecule has 3 rings (SSSR count). The topological polar surface area (TPSA) is 69.7 Å². The van der Waals surface area contributed by atoms with E-state index in [-0.39, 0.29) is 4.96 Å². The molecule has 11 heteroatoms. The van der Waals surface area contributed by atoms with E-state index in [9.17, 15) is 27.7 Å². The second kappa shape index (κ2) is 5.19. The van der Waals surface area contributed by atoms with Crippen molar-refractivity contribution >= 4 is 22.1 Å². The number of nitro groups is 1. The average molecular weight is 347 g/mol. The Kier molecular flexibility index (Phi) is 3.43. The Balaban J connectivity index is 2.04. The van der Waals surface area contributed by atoms with Crippen molar-refractivity contribution in [1.82, 2.24) is 9.38 Å². The normalized spacial score (nSPS) is 11.8. The lowest BCUT2D eigenvalue weighted by molar-refractivity contribution is -0.391. The van der Waals surface area contributed by atoms with E-state index in [0.717, 1.165) is 21.8 Å². The Morgan fingerprint density at radius 1 is 1.35 bits per heavy atom. The molecule has 0 aliphatic heterocycles. The van der Waals surface area contributed by atoms with Gasteiger partial charge in [-0.1, -0.05) is 11.3 Å². The van der Waals surface area contributed by atoms with Gasteiger partial charge in [-0.25, -0.2) is 4.39 Å². The fraction of sp³-hybridized carbons (Fsp3) is 0.0833. The molecule has 3 aromatic rings. The van der Waals surface area contributed by atoms with Crippen molar-refractivity contribution in [3.05, 3.63) is 51.3 Å². The first-order valence-electron chi connectivity index (χ1n) is 5.92. The molecule has 0 atom stereocenters. The molecule has 0 unspecified atom stereocenters. The van der Waals surface area contributed by atoms with E-state index in [1.807, 2.05) is 0 Å². The van der Waals surface area contributed by atoms with Crippen molar-refractivity contribution in [3.8, 4) is 11.6 Å². The number of hydrogen-bond acceptors (Lipinski definition) is 5. The minimum atomic E-state index is -4.91. The summed E-state index contributed by atoms with van der Waals surface area (Å²) in [6.07, 6.45) is -3.53. The van der Waals surface area contributed by atoms with Gasteiger partial charge < -0.3 is 14.9 Å². The minimum absolute atomic E-state index is 0.241. The first kappa shape index (κ1) is 15.2. The zero-order chi connectivity index (χ0) is 16.8. The number of hydrogen-bond donors (Lipinski definition) is 0. The van der Waals surface area contributed by atoms with Crippen molar-refractivity contribution in [3.63, 3.8) is 0 Å². The number of imidazole rings is 1. The molecule has 1 aromatic carbocycles. The fourth-order valence-corrected chi connectivity index (χ4v) is 2.59. The van der Waals surface area contributed by atoms with E-state index in [1.165, 1.54) is 6.20 Å². The molecule has 0 bridgehead atoms. The van der Waals surface area contributed by atoms with Gasteiger partial charge in [0.25, 0.3) is 4.96 Å². The van der Waals surface area contributed by atoms with Crippen LogP contribution in [-0.4, -0.2) is 14.3 Å². The lowest BCUT2D eigenvalue weighted by Gasteiger charge is -2.09. The largest absolute Gasteiger partial charge is 0.432 e. The van der Waals surface area contributed by atoms with E-state index in [1.54, 1.807) is 5.38 Å². The summed E-state index contributed by atoms with van der Waals surface area (Å²) in [6.45, 7) is 0. The molecule has 6 nitrogen and oxygen atoms in total. The van der Waals surface area contributed by atoms with Gasteiger partial charge in [0.15, 0.2) is 0 Å². The first-order valence-corrected chi connectivity index (χ1v) is 6.80. The number of benzene rings is 1. The van der Waals surface area contributed by atoms with Crippen LogP contribution in [0.4, 0.5) is 23.4 Å². The standard InChI is InChI=1S/C12H5F4N3O3S/c13-8-2-1-6(5-7(8)12(14,15)16)22-9-10(19(20)21)18-3-4-23-11(18)17-9/h1-5H. The van der Waals surface area contributed by atoms with Crippen LogP contribution in [-0.2, 0) is 6.18 Å². The van der Waals surface area contributed by atoms with Crippen LogP contribution in [0.2, 0.25) is 0 Å². The van der Waals surface area contributed by atoms with E-state index >= 15 is 0 Å². The highest BCUT2D eigenvalue weighted by Gasteiger charge is 2.35. The summed E-state index contributed by atoms with van der Waals surface area (Å²) in [5.74, 6) is -2.88. The van der Waals surface area contributed by atoms with Gasteiger partial charge in [-0.2, -0.15) is 22.6 Å². The van der Waals surface area contributed by atoms with Gasteiger partial charge in [-0.05, 0) is 23.1 Å². The number of ether oxygens (including phenoxy) is 1. The highest BCUT2D eigenvalue weighted by Crippen LogP contribution is 2.37. The summed E-state index contributed by atoms with van der Waals surface area (Å²) in [5, 5.41) is 12.6. The van der Waals surface area contributed by atoms with E-state index < -0.39 is 39.9 Å². The first-order chi connectivity index (χ1) is 10.8. The monoisotopic (exact) mass is 347 g/mol. The summed E-state index contributed by atoms with van der Waals surface area (Å²) in [7, 11) is 0. The molecular formula is C12H5F4N3O3S. The molecule has 0 saturated heterocycles. The smallest absolute Gasteiger partial charge is 0.419 e. The van der Waals surface area contributed by atoms with Crippen LogP contribution in [0, 0.1) is 15.9 Å². The lowest BCUT2D eigenvalue weighted by atomic mass is 10.2. The van der Waals surface area contributed by atoms with Crippen LogP contribution in [0.1, 0.15) is 5.56 Å². The molecular weight excluding hydrogens is 342 g/mol. The Bertz CT molecular complexity index is 903. The number of rotatable bonds is 3. The third-order valence-corrected chi connectivity index (χ3v) is 3.59. The van der Waals surface area contributed by atoms with Crippen LogP contribution in [0.15, 0.2) is 29.8 Å². The van der Waals surface area contributed by atoms with Crippen molar-refractivity contribution in [2.45, 2.75) is 6.18 Å². The van der Waals surface area contributed by atoms with Crippen LogP contribution >= 0.6 is 11.3 Å². The van der Waals surface area contributed by atoms with Crippen LogP contribution in [0.25, 0.3) is 4.96 Å². The average Bonchev–Trinajstić information content (AvgIpc) is 2.99. The molecule has 0 spiro atoms. The molecule has 2 heterocycles. The third kappa shape index (κ3) is 2.70. The van der Waals surface area contributed by atoms with Gasteiger partial charge in [0.1, 0.15) is 17.8 Å². The van der Waals surface area contributed by atoms with Crippen molar-refractivity contribution in [2.75, 3.05) is 0 Å². The number of aromatic nitrogens is 2. The van der Waals surface area contributed by atoms with Gasteiger partial charge >= 0.3 is 17.9 Å². The number of halogens is 4. The molecule has 0 aliphatic carbocycles. The Hall–Kier alpha value is -2.69. The summed E-state index contributed by atoms with van der Waals surface area (Å²) >= 11 is 1.09. The number of nitrogens with zero attached hydrogens (tertiary/aromatic N) is 3. The Labute approximate surface area is 128 Å². The van der Waals surface area contributed by atoms with Crippen LogP contribution in [0.3, 0.4) is 0 Å². The maximum Gasteiger partial charge on any atom is 0.419 e. The fourth-order valence-electron chi connectivity index (χ4n) is 1.89. The second-order valence-corrected chi connectivity index (χ2v) is 5.17. The Morgan fingerprint density at radius 2 is 2.09 bits per heavy atom. The minimum Gasteiger partial charge on any atom is -0.432 e. The lowest BCUT2D eigenvalue weighted by Crippen LogP contribution is -2.08. The molecule has 120 valence electrons. The van der Waals surface area contributed by atoms with Gasteiger partial charge in [0.05, 0.1) is 5.56 Å². The molecule has 0 saturated carbocycles. The summed E-state index contributed by atoms with van der Waals surface area (Å²) < 4.78 is 57.4. The van der Waals surface area contributed by atoms with Gasteiger partial charge in [-0.15, -0.1) is 0 Å². The van der Waals surface area contributed by atoms with Gasteiger partial charge in [0, 0.05) is 5.38 Å². The van der Waals surface area contributed by atoms with Gasteiger partial charge in [-0.3, -0.25) is 0 Å². The molecule has 0 radical (unpaired) electrons. The molecule has 0 fully saturated rings. The quantitative estimate of drug-likeness (QED) is 0.403. The number of alkyl halides is 3. The van der Waals surface area contributed by atoms with E-state index in [2.05, 4.69) is 4.98 Å². The summed E-state index contributed by atoms with van der Waals surface area (Å²) in [6, 6.07) is 1.93. The SMILES string of the molecule is O=[N+]([O-])c1c(Oc2ccc(F)c(C(F)(F)F)c2)nc2sccn12. The molecule has 23 heavy (non-hydrogen) atoms. The van der Waals surface area contributed by atoms with Crippen molar-refractivity contribution < 1.29 is 27.2 Å². The van der Waals surface area contributed by atoms with Crippen molar-refractivity contribution in [1.29, 1.82) is 0 Å². The third-order valence-electron chi connectivity index (χ3n) is 2.84. The van der Waals surface area contributed by atoms with E-state index in [0.29, 0.717) is 12.1 Å². The predicted octanol–water partition coefficient (Wildman–Crippen LogP) is 4.25. The van der Waals surface area contributed by atoms with Crippen LogP contribution < -0.4 is 4.74 Å². The molecule has 0 amide bonds. The maximum atomic E-state index is 13.2.